The zero-order valence-corrected chi connectivity index (χ0v) is 16.6. The summed E-state index contributed by atoms with van der Waals surface area (Å²) in [4.78, 5) is 4.09. The van der Waals surface area contributed by atoms with Crippen LogP contribution in [0.15, 0.2) is 41.1 Å². The number of hydrogen-bond acceptors (Lipinski definition) is 4. The van der Waals surface area contributed by atoms with Crippen molar-refractivity contribution in [1.29, 1.82) is 0 Å². The van der Waals surface area contributed by atoms with Crippen LogP contribution in [0.25, 0.3) is 0 Å². The summed E-state index contributed by atoms with van der Waals surface area (Å²) in [7, 11) is 1.66. The molecular formula is C18H24BrClN2O2. The van der Waals surface area contributed by atoms with E-state index in [0.29, 0.717) is 18.4 Å². The Kier molecular flexibility index (Phi) is 9.11. The van der Waals surface area contributed by atoms with Gasteiger partial charge in [0.1, 0.15) is 6.61 Å². The molecule has 132 valence electrons. The fraction of sp³-hybridized carbons (Fsp3) is 0.389. The summed E-state index contributed by atoms with van der Waals surface area (Å²) in [6.07, 6.45) is 4.65. The Labute approximate surface area is 158 Å². The predicted octanol–water partition coefficient (Wildman–Crippen LogP) is 4.74. The Morgan fingerprint density at radius 1 is 1.29 bits per heavy atom. The minimum absolute atomic E-state index is 0. The zero-order valence-electron chi connectivity index (χ0n) is 14.2. The van der Waals surface area contributed by atoms with Gasteiger partial charge in [-0.1, -0.05) is 13.0 Å². The smallest absolute Gasteiger partial charge is 0.175 e. The van der Waals surface area contributed by atoms with Gasteiger partial charge < -0.3 is 14.8 Å². The van der Waals surface area contributed by atoms with Crippen LogP contribution in [0, 0.1) is 0 Å². The normalized spacial score (nSPS) is 11.5. The highest BCUT2D eigenvalue weighted by atomic mass is 79.9. The van der Waals surface area contributed by atoms with Gasteiger partial charge >= 0.3 is 0 Å². The molecule has 0 fully saturated rings. The van der Waals surface area contributed by atoms with Gasteiger partial charge in [0.05, 0.1) is 11.6 Å². The lowest BCUT2D eigenvalue weighted by Crippen LogP contribution is -2.24. The van der Waals surface area contributed by atoms with E-state index >= 15 is 0 Å². The van der Waals surface area contributed by atoms with Crippen molar-refractivity contribution in [3.8, 4) is 11.5 Å². The average molecular weight is 416 g/mol. The van der Waals surface area contributed by atoms with E-state index in [0.717, 1.165) is 34.3 Å². The van der Waals surface area contributed by atoms with Gasteiger partial charge in [0, 0.05) is 30.5 Å². The molecule has 0 spiro atoms. The second-order valence-corrected chi connectivity index (χ2v) is 6.30. The fourth-order valence-electron chi connectivity index (χ4n) is 2.09. The highest BCUT2D eigenvalue weighted by Crippen LogP contribution is 2.37. The summed E-state index contributed by atoms with van der Waals surface area (Å²) in [6.45, 7) is 5.60. The van der Waals surface area contributed by atoms with E-state index in [2.05, 4.69) is 46.1 Å². The third-order valence-electron chi connectivity index (χ3n) is 3.66. The van der Waals surface area contributed by atoms with E-state index in [9.17, 15) is 0 Å². The first-order valence-corrected chi connectivity index (χ1v) is 8.54. The predicted molar refractivity (Wildman–Crippen MR) is 103 cm³/mol. The lowest BCUT2D eigenvalue weighted by atomic mass is 10.1. The van der Waals surface area contributed by atoms with Crippen LogP contribution in [0.3, 0.4) is 0 Å². The van der Waals surface area contributed by atoms with Crippen LogP contribution < -0.4 is 14.8 Å². The van der Waals surface area contributed by atoms with Crippen molar-refractivity contribution in [3.05, 3.63) is 52.3 Å². The molecular weight excluding hydrogens is 392 g/mol. The van der Waals surface area contributed by atoms with E-state index in [1.165, 1.54) is 0 Å². The van der Waals surface area contributed by atoms with E-state index in [1.54, 1.807) is 19.5 Å². The minimum Gasteiger partial charge on any atom is -0.493 e. The van der Waals surface area contributed by atoms with Gasteiger partial charge in [-0.3, -0.25) is 4.98 Å². The monoisotopic (exact) mass is 414 g/mol. The zero-order chi connectivity index (χ0) is 16.7. The molecule has 1 aromatic heterocycles. The number of methoxy groups -OCH3 is 1. The number of hydrogen-bond donors (Lipinski definition) is 1. The fourth-order valence-corrected chi connectivity index (χ4v) is 2.69. The molecule has 1 atom stereocenters. The SMILES string of the molecule is CCC(C)NCc1cc(Br)c(OCc2cccnc2)c(OC)c1.Cl. The summed E-state index contributed by atoms with van der Waals surface area (Å²) >= 11 is 3.59. The van der Waals surface area contributed by atoms with Crippen molar-refractivity contribution in [2.45, 2.75) is 39.5 Å². The molecule has 0 radical (unpaired) electrons. The van der Waals surface area contributed by atoms with Crippen LogP contribution >= 0.6 is 28.3 Å². The molecule has 2 rings (SSSR count). The van der Waals surface area contributed by atoms with E-state index in [1.807, 2.05) is 18.2 Å². The molecule has 1 aromatic carbocycles. The lowest BCUT2D eigenvalue weighted by molar-refractivity contribution is 0.282. The van der Waals surface area contributed by atoms with Crippen molar-refractivity contribution in [2.75, 3.05) is 7.11 Å². The Morgan fingerprint density at radius 2 is 2.08 bits per heavy atom. The maximum absolute atomic E-state index is 5.91. The van der Waals surface area contributed by atoms with Crippen LogP contribution in [0.1, 0.15) is 31.4 Å². The first-order chi connectivity index (χ1) is 11.1. The molecule has 0 aliphatic rings. The molecule has 0 saturated heterocycles. The summed E-state index contributed by atoms with van der Waals surface area (Å²) in [5, 5.41) is 3.48. The molecule has 0 aliphatic heterocycles. The van der Waals surface area contributed by atoms with Crippen LogP contribution in [-0.4, -0.2) is 18.1 Å². The largest absolute Gasteiger partial charge is 0.493 e. The van der Waals surface area contributed by atoms with Crippen LogP contribution in [0.2, 0.25) is 0 Å². The highest BCUT2D eigenvalue weighted by Gasteiger charge is 2.12. The summed E-state index contributed by atoms with van der Waals surface area (Å²) in [5.41, 5.74) is 2.17. The average Bonchev–Trinajstić information content (AvgIpc) is 2.59. The molecule has 1 unspecified atom stereocenters. The van der Waals surface area contributed by atoms with Gasteiger partial charge in [0.15, 0.2) is 11.5 Å². The minimum atomic E-state index is 0. The molecule has 24 heavy (non-hydrogen) atoms. The molecule has 0 bridgehead atoms. The van der Waals surface area contributed by atoms with Gasteiger partial charge in [0.2, 0.25) is 0 Å². The maximum Gasteiger partial charge on any atom is 0.175 e. The molecule has 0 amide bonds. The molecule has 1 heterocycles. The van der Waals surface area contributed by atoms with Crippen molar-refractivity contribution < 1.29 is 9.47 Å². The number of aromatic nitrogens is 1. The summed E-state index contributed by atoms with van der Waals surface area (Å²) < 4.78 is 12.3. The second kappa shape index (κ2) is 10.5. The van der Waals surface area contributed by atoms with Gasteiger partial charge in [-0.15, -0.1) is 12.4 Å². The molecule has 6 heteroatoms. The summed E-state index contributed by atoms with van der Waals surface area (Å²) in [6, 6.07) is 8.45. The molecule has 0 saturated carbocycles. The van der Waals surface area contributed by atoms with Gasteiger partial charge in [-0.25, -0.2) is 0 Å². The Balaban J connectivity index is 0.00000288. The van der Waals surface area contributed by atoms with Crippen LogP contribution in [-0.2, 0) is 13.2 Å². The number of rotatable bonds is 8. The topological polar surface area (TPSA) is 43.4 Å². The van der Waals surface area contributed by atoms with Crippen LogP contribution in [0.4, 0.5) is 0 Å². The third kappa shape index (κ3) is 5.96. The first-order valence-electron chi connectivity index (χ1n) is 7.75. The van der Waals surface area contributed by atoms with E-state index in [-0.39, 0.29) is 12.4 Å². The standard InChI is InChI=1S/C18H23BrN2O2.ClH/c1-4-13(2)21-11-15-8-16(19)18(17(9-15)22-3)23-12-14-6-5-7-20-10-14;/h5-10,13,21H,4,11-12H2,1-3H3;1H. The number of ether oxygens (including phenoxy) is 2. The number of nitrogens with one attached hydrogen (secondary N) is 1. The quantitative estimate of drug-likeness (QED) is 0.676. The Morgan fingerprint density at radius 3 is 2.71 bits per heavy atom. The lowest BCUT2D eigenvalue weighted by Gasteiger charge is -2.16. The van der Waals surface area contributed by atoms with Crippen molar-refractivity contribution >= 4 is 28.3 Å². The summed E-state index contributed by atoms with van der Waals surface area (Å²) in [5.74, 6) is 1.44. The van der Waals surface area contributed by atoms with Gasteiger partial charge in [-0.05, 0) is 53.0 Å². The maximum atomic E-state index is 5.91. The van der Waals surface area contributed by atoms with Crippen molar-refractivity contribution in [3.63, 3.8) is 0 Å². The van der Waals surface area contributed by atoms with Gasteiger partial charge in [-0.2, -0.15) is 0 Å². The van der Waals surface area contributed by atoms with Crippen molar-refractivity contribution in [2.24, 2.45) is 0 Å². The number of nitrogens with zero attached hydrogens (tertiary/aromatic N) is 1. The molecule has 2 aromatic rings. The van der Waals surface area contributed by atoms with Crippen LogP contribution in [0.5, 0.6) is 11.5 Å². The first kappa shape index (κ1) is 20.7. The highest BCUT2D eigenvalue weighted by molar-refractivity contribution is 9.10. The van der Waals surface area contributed by atoms with Gasteiger partial charge in [0.25, 0.3) is 0 Å². The molecule has 1 N–H and O–H groups in total. The molecule has 0 aliphatic carbocycles. The number of pyridine rings is 1. The molecule has 4 nitrogen and oxygen atoms in total. The number of halogens is 2. The third-order valence-corrected chi connectivity index (χ3v) is 4.25. The number of benzene rings is 1. The van der Waals surface area contributed by atoms with E-state index in [4.69, 9.17) is 9.47 Å². The second-order valence-electron chi connectivity index (χ2n) is 5.45. The Hall–Kier alpha value is -1.30. The van der Waals surface area contributed by atoms with E-state index < -0.39 is 0 Å². The Bertz CT molecular complexity index is 626. The van der Waals surface area contributed by atoms with Crippen molar-refractivity contribution in [1.82, 2.24) is 10.3 Å².